The number of ether oxygens (including phenoxy) is 2. The quantitative estimate of drug-likeness (QED) is 0.753. The summed E-state index contributed by atoms with van der Waals surface area (Å²) in [6.07, 6.45) is 0. The van der Waals surface area contributed by atoms with E-state index in [-0.39, 0.29) is 22.2 Å². The standard InChI is InChI=1S/C17H15BrClNO4/c1-9-10(5-4-6-12(9)18)16(21)20-14-8-15(23-2)11(7-13(14)19)17(22)24-3/h4-8H,1-3H3,(H,20,21). The monoisotopic (exact) mass is 411 g/mol. The number of halogens is 2. The van der Waals surface area contributed by atoms with Gasteiger partial charge in [-0.1, -0.05) is 33.6 Å². The van der Waals surface area contributed by atoms with Crippen LogP contribution in [0.1, 0.15) is 26.3 Å². The Morgan fingerprint density at radius 3 is 2.50 bits per heavy atom. The Kier molecular flexibility index (Phi) is 5.85. The van der Waals surface area contributed by atoms with E-state index in [2.05, 4.69) is 26.0 Å². The Morgan fingerprint density at radius 1 is 1.17 bits per heavy atom. The largest absolute Gasteiger partial charge is 0.496 e. The van der Waals surface area contributed by atoms with Crippen molar-refractivity contribution in [3.8, 4) is 5.75 Å². The molecule has 1 amide bonds. The molecule has 0 aliphatic carbocycles. The Morgan fingerprint density at radius 2 is 1.88 bits per heavy atom. The van der Waals surface area contributed by atoms with Crippen LogP contribution >= 0.6 is 27.5 Å². The van der Waals surface area contributed by atoms with Crippen LogP contribution in [0.3, 0.4) is 0 Å². The second-order valence-electron chi connectivity index (χ2n) is 4.89. The predicted octanol–water partition coefficient (Wildman–Crippen LogP) is 4.46. The summed E-state index contributed by atoms with van der Waals surface area (Å²) in [5.74, 6) is -0.634. The fourth-order valence-electron chi connectivity index (χ4n) is 2.13. The van der Waals surface area contributed by atoms with Crippen molar-refractivity contribution >= 4 is 45.1 Å². The summed E-state index contributed by atoms with van der Waals surface area (Å²) >= 11 is 9.57. The molecule has 24 heavy (non-hydrogen) atoms. The highest BCUT2D eigenvalue weighted by atomic mass is 79.9. The van der Waals surface area contributed by atoms with E-state index in [0.717, 1.165) is 10.0 Å². The van der Waals surface area contributed by atoms with Crippen LogP contribution in [-0.4, -0.2) is 26.1 Å². The van der Waals surface area contributed by atoms with Gasteiger partial charge in [-0.25, -0.2) is 4.79 Å². The fourth-order valence-corrected chi connectivity index (χ4v) is 2.71. The molecule has 2 aromatic rings. The van der Waals surface area contributed by atoms with Gasteiger partial charge in [-0.05, 0) is 30.7 Å². The van der Waals surface area contributed by atoms with Crippen molar-refractivity contribution in [1.82, 2.24) is 0 Å². The van der Waals surface area contributed by atoms with Gasteiger partial charge in [-0.15, -0.1) is 0 Å². The highest BCUT2D eigenvalue weighted by Crippen LogP contribution is 2.32. The first-order chi connectivity index (χ1) is 11.4. The summed E-state index contributed by atoms with van der Waals surface area (Å²) in [7, 11) is 2.68. The van der Waals surface area contributed by atoms with Gasteiger partial charge in [0, 0.05) is 16.1 Å². The minimum Gasteiger partial charge on any atom is -0.496 e. The van der Waals surface area contributed by atoms with Crippen molar-refractivity contribution in [3.63, 3.8) is 0 Å². The smallest absolute Gasteiger partial charge is 0.341 e. The molecule has 1 N–H and O–H groups in total. The minimum atomic E-state index is -0.575. The summed E-state index contributed by atoms with van der Waals surface area (Å²) < 4.78 is 10.7. The zero-order valence-corrected chi connectivity index (χ0v) is 15.6. The SMILES string of the molecule is COC(=O)c1cc(Cl)c(NC(=O)c2cccc(Br)c2C)cc1OC. The average Bonchev–Trinajstić information content (AvgIpc) is 2.57. The van der Waals surface area contributed by atoms with E-state index in [4.69, 9.17) is 16.3 Å². The molecule has 0 aromatic heterocycles. The normalized spacial score (nSPS) is 10.2. The van der Waals surface area contributed by atoms with E-state index in [9.17, 15) is 9.59 Å². The Balaban J connectivity index is 2.38. The molecular formula is C17H15BrClNO4. The van der Waals surface area contributed by atoms with Crippen LogP contribution < -0.4 is 10.1 Å². The van der Waals surface area contributed by atoms with Crippen LogP contribution in [-0.2, 0) is 4.74 Å². The van der Waals surface area contributed by atoms with Crippen molar-refractivity contribution in [3.05, 3.63) is 56.5 Å². The molecule has 0 spiro atoms. The summed E-state index contributed by atoms with van der Waals surface area (Å²) in [5.41, 5.74) is 1.84. The minimum absolute atomic E-state index is 0.182. The first-order valence-corrected chi connectivity index (χ1v) is 8.08. The maximum absolute atomic E-state index is 12.5. The number of anilines is 1. The molecule has 2 rings (SSSR count). The van der Waals surface area contributed by atoms with Crippen molar-refractivity contribution < 1.29 is 19.1 Å². The molecule has 0 unspecified atom stereocenters. The van der Waals surface area contributed by atoms with Crippen LogP contribution in [0, 0.1) is 6.92 Å². The number of nitrogens with one attached hydrogen (secondary N) is 1. The van der Waals surface area contributed by atoms with E-state index in [0.29, 0.717) is 11.3 Å². The molecule has 0 fully saturated rings. The molecule has 0 heterocycles. The number of amides is 1. The summed E-state index contributed by atoms with van der Waals surface area (Å²) in [4.78, 5) is 24.2. The van der Waals surface area contributed by atoms with Gasteiger partial charge < -0.3 is 14.8 Å². The lowest BCUT2D eigenvalue weighted by Gasteiger charge is -2.13. The summed E-state index contributed by atoms with van der Waals surface area (Å²) in [6, 6.07) is 8.22. The molecule has 2 aromatic carbocycles. The predicted molar refractivity (Wildman–Crippen MR) is 96.2 cm³/mol. The molecular weight excluding hydrogens is 398 g/mol. The molecule has 0 aliphatic heterocycles. The van der Waals surface area contributed by atoms with Crippen molar-refractivity contribution in [2.24, 2.45) is 0 Å². The van der Waals surface area contributed by atoms with Gasteiger partial charge in [-0.2, -0.15) is 0 Å². The number of rotatable bonds is 4. The van der Waals surface area contributed by atoms with Gasteiger partial charge in [0.1, 0.15) is 11.3 Å². The number of esters is 1. The lowest BCUT2D eigenvalue weighted by molar-refractivity contribution is 0.0597. The topological polar surface area (TPSA) is 64.6 Å². The van der Waals surface area contributed by atoms with Gasteiger partial charge >= 0.3 is 5.97 Å². The molecule has 0 bridgehead atoms. The third-order valence-corrected chi connectivity index (χ3v) is 4.63. The lowest BCUT2D eigenvalue weighted by atomic mass is 10.1. The second kappa shape index (κ2) is 7.68. The van der Waals surface area contributed by atoms with Gasteiger partial charge in [-0.3, -0.25) is 4.79 Å². The van der Waals surface area contributed by atoms with Crippen molar-refractivity contribution in [1.29, 1.82) is 0 Å². The number of hydrogen-bond acceptors (Lipinski definition) is 4. The first kappa shape index (κ1) is 18.3. The Hall–Kier alpha value is -2.05. The van der Waals surface area contributed by atoms with E-state index in [1.165, 1.54) is 26.4 Å². The zero-order chi connectivity index (χ0) is 17.9. The first-order valence-electron chi connectivity index (χ1n) is 6.91. The average molecular weight is 413 g/mol. The van der Waals surface area contributed by atoms with Gasteiger partial charge in [0.25, 0.3) is 5.91 Å². The van der Waals surface area contributed by atoms with Crippen LogP contribution in [0.4, 0.5) is 5.69 Å². The third kappa shape index (κ3) is 3.71. The maximum atomic E-state index is 12.5. The molecule has 126 valence electrons. The number of benzene rings is 2. The number of methoxy groups -OCH3 is 2. The Labute approximate surface area is 153 Å². The molecule has 0 aliphatic rings. The van der Waals surface area contributed by atoms with Crippen LogP contribution in [0.5, 0.6) is 5.75 Å². The second-order valence-corrected chi connectivity index (χ2v) is 6.15. The van der Waals surface area contributed by atoms with Crippen LogP contribution in [0.25, 0.3) is 0 Å². The highest BCUT2D eigenvalue weighted by molar-refractivity contribution is 9.10. The molecule has 0 radical (unpaired) electrons. The summed E-state index contributed by atoms with van der Waals surface area (Å²) in [5, 5.41) is 2.94. The maximum Gasteiger partial charge on any atom is 0.341 e. The molecule has 5 nitrogen and oxygen atoms in total. The van der Waals surface area contributed by atoms with E-state index in [1.807, 2.05) is 13.0 Å². The van der Waals surface area contributed by atoms with Crippen LogP contribution in [0.2, 0.25) is 5.02 Å². The molecule has 0 saturated carbocycles. The van der Waals surface area contributed by atoms with Gasteiger partial charge in [0.05, 0.1) is 24.9 Å². The van der Waals surface area contributed by atoms with E-state index in [1.54, 1.807) is 12.1 Å². The fraction of sp³-hybridized carbons (Fsp3) is 0.176. The lowest BCUT2D eigenvalue weighted by Crippen LogP contribution is -2.14. The van der Waals surface area contributed by atoms with Crippen LogP contribution in [0.15, 0.2) is 34.8 Å². The number of carbonyl (C=O) groups is 2. The summed E-state index contributed by atoms with van der Waals surface area (Å²) in [6.45, 7) is 1.83. The van der Waals surface area contributed by atoms with Gasteiger partial charge in [0.15, 0.2) is 0 Å². The Bertz CT molecular complexity index is 807. The third-order valence-electron chi connectivity index (χ3n) is 3.45. The van der Waals surface area contributed by atoms with E-state index >= 15 is 0 Å². The number of carbonyl (C=O) groups excluding carboxylic acids is 2. The molecule has 7 heteroatoms. The van der Waals surface area contributed by atoms with Crippen molar-refractivity contribution in [2.45, 2.75) is 6.92 Å². The number of hydrogen-bond donors (Lipinski definition) is 1. The zero-order valence-electron chi connectivity index (χ0n) is 13.3. The van der Waals surface area contributed by atoms with Gasteiger partial charge in [0.2, 0.25) is 0 Å². The van der Waals surface area contributed by atoms with E-state index < -0.39 is 5.97 Å². The van der Waals surface area contributed by atoms with Crippen molar-refractivity contribution in [2.75, 3.05) is 19.5 Å². The molecule has 0 saturated heterocycles. The highest BCUT2D eigenvalue weighted by Gasteiger charge is 2.18. The molecule has 0 atom stereocenters.